The molecule has 2 atom stereocenters. The maximum absolute atomic E-state index is 12.7. The minimum absolute atomic E-state index is 0.0432. The second-order valence-electron chi connectivity index (χ2n) is 7.10. The molecule has 0 aliphatic carbocycles. The molecule has 2 unspecified atom stereocenters. The number of hydrogen-bond acceptors (Lipinski definition) is 4. The van der Waals surface area contributed by atoms with Gasteiger partial charge in [0, 0.05) is 6.04 Å². The van der Waals surface area contributed by atoms with Crippen LogP contribution in [0.4, 0.5) is 5.69 Å². The first-order chi connectivity index (χ1) is 13.4. The summed E-state index contributed by atoms with van der Waals surface area (Å²) in [4.78, 5) is 12.7. The second kappa shape index (κ2) is 9.03. The highest BCUT2D eigenvalue weighted by molar-refractivity contribution is 6.39. The molecule has 150 valence electrons. The Labute approximate surface area is 175 Å². The summed E-state index contributed by atoms with van der Waals surface area (Å²) < 4.78 is 11.3. The van der Waals surface area contributed by atoms with E-state index in [0.717, 1.165) is 17.1 Å². The maximum atomic E-state index is 12.7. The number of hydrogen-bond donors (Lipinski definition) is 2. The van der Waals surface area contributed by atoms with Crippen LogP contribution in [0.3, 0.4) is 0 Å². The zero-order valence-electron chi connectivity index (χ0n) is 16.1. The van der Waals surface area contributed by atoms with Crippen molar-refractivity contribution in [2.45, 2.75) is 32.9 Å². The molecule has 1 aliphatic rings. The first-order valence-electron chi connectivity index (χ1n) is 9.27. The maximum Gasteiger partial charge on any atom is 0.241 e. The van der Waals surface area contributed by atoms with Crippen LogP contribution in [-0.2, 0) is 4.79 Å². The zero-order valence-corrected chi connectivity index (χ0v) is 17.6. The molecule has 0 fully saturated rings. The topological polar surface area (TPSA) is 59.6 Å². The predicted octanol–water partition coefficient (Wildman–Crippen LogP) is 5.08. The number of nitrogens with one attached hydrogen (secondary N) is 2. The van der Waals surface area contributed by atoms with E-state index in [0.29, 0.717) is 28.9 Å². The Morgan fingerprint density at radius 2 is 1.64 bits per heavy atom. The van der Waals surface area contributed by atoms with E-state index in [4.69, 9.17) is 32.7 Å². The van der Waals surface area contributed by atoms with Crippen molar-refractivity contribution < 1.29 is 14.3 Å². The molecule has 1 aliphatic heterocycles. The molecule has 0 saturated carbocycles. The molecule has 1 amide bonds. The third-order valence-electron chi connectivity index (χ3n) is 4.63. The van der Waals surface area contributed by atoms with Gasteiger partial charge in [-0.1, -0.05) is 49.2 Å². The average Bonchev–Trinajstić information content (AvgIpc) is 2.68. The number of fused-ring (bicyclic) bond motifs is 1. The van der Waals surface area contributed by atoms with Crippen molar-refractivity contribution in [2.24, 2.45) is 5.92 Å². The molecule has 2 aromatic carbocycles. The molecule has 1 heterocycles. The summed E-state index contributed by atoms with van der Waals surface area (Å²) in [6.45, 7) is 7.11. The first kappa shape index (κ1) is 20.8. The van der Waals surface area contributed by atoms with Crippen LogP contribution in [0.15, 0.2) is 36.4 Å². The van der Waals surface area contributed by atoms with E-state index in [9.17, 15) is 4.79 Å². The van der Waals surface area contributed by atoms with Gasteiger partial charge in [-0.05, 0) is 42.7 Å². The van der Waals surface area contributed by atoms with Gasteiger partial charge >= 0.3 is 0 Å². The SMILES string of the molecule is CC(NC(c1ccc2c(c1)OCCO2)C(C)C)C(=O)Nc1c(Cl)cccc1Cl. The molecule has 0 radical (unpaired) electrons. The van der Waals surface area contributed by atoms with Gasteiger partial charge in [-0.25, -0.2) is 0 Å². The summed E-state index contributed by atoms with van der Waals surface area (Å²) in [5.41, 5.74) is 1.46. The van der Waals surface area contributed by atoms with E-state index in [-0.39, 0.29) is 17.9 Å². The van der Waals surface area contributed by atoms with Crippen LogP contribution in [0.25, 0.3) is 0 Å². The molecule has 28 heavy (non-hydrogen) atoms. The Hall–Kier alpha value is -1.95. The minimum atomic E-state index is -0.465. The van der Waals surface area contributed by atoms with Crippen molar-refractivity contribution in [3.8, 4) is 11.5 Å². The molecule has 2 N–H and O–H groups in total. The fourth-order valence-electron chi connectivity index (χ4n) is 3.12. The molecule has 0 aromatic heterocycles. The van der Waals surface area contributed by atoms with Crippen molar-refractivity contribution >= 4 is 34.8 Å². The van der Waals surface area contributed by atoms with Crippen LogP contribution >= 0.6 is 23.2 Å². The van der Waals surface area contributed by atoms with Gasteiger partial charge in [0.05, 0.1) is 21.8 Å². The molecule has 3 rings (SSSR count). The van der Waals surface area contributed by atoms with E-state index in [1.54, 1.807) is 18.2 Å². The van der Waals surface area contributed by atoms with Crippen LogP contribution in [-0.4, -0.2) is 25.2 Å². The van der Waals surface area contributed by atoms with Crippen molar-refractivity contribution in [3.63, 3.8) is 0 Å². The van der Waals surface area contributed by atoms with Gasteiger partial charge in [0.2, 0.25) is 5.91 Å². The number of para-hydroxylation sites is 1. The molecule has 0 bridgehead atoms. The average molecular weight is 423 g/mol. The summed E-state index contributed by atoms with van der Waals surface area (Å²) in [5, 5.41) is 7.02. The highest BCUT2D eigenvalue weighted by Gasteiger charge is 2.24. The summed E-state index contributed by atoms with van der Waals surface area (Å²) in [5.74, 6) is 1.52. The van der Waals surface area contributed by atoms with E-state index in [1.165, 1.54) is 0 Å². The van der Waals surface area contributed by atoms with Gasteiger partial charge < -0.3 is 14.8 Å². The highest BCUT2D eigenvalue weighted by atomic mass is 35.5. The fourth-order valence-corrected chi connectivity index (χ4v) is 3.61. The lowest BCUT2D eigenvalue weighted by Crippen LogP contribution is -2.41. The summed E-state index contributed by atoms with van der Waals surface area (Å²) in [7, 11) is 0. The number of anilines is 1. The lowest BCUT2D eigenvalue weighted by molar-refractivity contribution is -0.118. The number of ether oxygens (including phenoxy) is 2. The Balaban J connectivity index is 1.74. The monoisotopic (exact) mass is 422 g/mol. The van der Waals surface area contributed by atoms with Gasteiger partial charge in [0.1, 0.15) is 13.2 Å². The van der Waals surface area contributed by atoms with Gasteiger partial charge in [0.25, 0.3) is 0 Å². The fraction of sp³-hybridized carbons (Fsp3) is 0.381. The smallest absolute Gasteiger partial charge is 0.241 e. The van der Waals surface area contributed by atoms with E-state index < -0.39 is 6.04 Å². The number of rotatable bonds is 6. The molecule has 0 saturated heterocycles. The van der Waals surface area contributed by atoms with Crippen LogP contribution in [0.2, 0.25) is 10.0 Å². The van der Waals surface area contributed by atoms with Crippen molar-refractivity contribution in [2.75, 3.05) is 18.5 Å². The Kier molecular flexibility index (Phi) is 6.70. The van der Waals surface area contributed by atoms with Gasteiger partial charge in [0.15, 0.2) is 11.5 Å². The number of amides is 1. The molecule has 2 aromatic rings. The van der Waals surface area contributed by atoms with E-state index in [1.807, 2.05) is 25.1 Å². The predicted molar refractivity (Wildman–Crippen MR) is 113 cm³/mol. The number of carbonyl (C=O) groups excluding carboxylic acids is 1. The molecule has 0 spiro atoms. The van der Waals surface area contributed by atoms with Crippen molar-refractivity contribution in [3.05, 3.63) is 52.0 Å². The number of carbonyl (C=O) groups is 1. The number of halogens is 2. The standard InChI is InChI=1S/C21H24Cl2N2O3/c1-12(2)19(14-7-8-17-18(11-14)28-10-9-27-17)24-13(3)21(26)25-20-15(22)5-4-6-16(20)23/h4-8,11-13,19,24H,9-10H2,1-3H3,(H,25,26). The van der Waals surface area contributed by atoms with Gasteiger partial charge in [-0.15, -0.1) is 0 Å². The van der Waals surface area contributed by atoms with E-state index in [2.05, 4.69) is 24.5 Å². The van der Waals surface area contributed by atoms with Crippen LogP contribution in [0, 0.1) is 5.92 Å². The first-order valence-corrected chi connectivity index (χ1v) is 10.0. The van der Waals surface area contributed by atoms with Crippen LogP contribution in [0.1, 0.15) is 32.4 Å². The van der Waals surface area contributed by atoms with Crippen LogP contribution in [0.5, 0.6) is 11.5 Å². The summed E-state index contributed by atoms with van der Waals surface area (Å²) >= 11 is 12.3. The second-order valence-corrected chi connectivity index (χ2v) is 7.91. The summed E-state index contributed by atoms with van der Waals surface area (Å²) in [6.07, 6.45) is 0. The highest BCUT2D eigenvalue weighted by Crippen LogP contribution is 2.35. The zero-order chi connectivity index (χ0) is 20.3. The van der Waals surface area contributed by atoms with Crippen molar-refractivity contribution in [1.29, 1.82) is 0 Å². The third kappa shape index (κ3) is 4.72. The van der Waals surface area contributed by atoms with Gasteiger partial charge in [-0.3, -0.25) is 10.1 Å². The molecular weight excluding hydrogens is 399 g/mol. The lowest BCUT2D eigenvalue weighted by Gasteiger charge is -2.28. The largest absolute Gasteiger partial charge is 0.486 e. The van der Waals surface area contributed by atoms with Gasteiger partial charge in [-0.2, -0.15) is 0 Å². The summed E-state index contributed by atoms with van der Waals surface area (Å²) in [6, 6.07) is 10.5. The molecule has 7 heteroatoms. The normalized spacial score (nSPS) is 15.2. The number of benzene rings is 2. The van der Waals surface area contributed by atoms with E-state index >= 15 is 0 Å². The molecule has 5 nitrogen and oxygen atoms in total. The third-order valence-corrected chi connectivity index (χ3v) is 5.26. The van der Waals surface area contributed by atoms with Crippen molar-refractivity contribution in [1.82, 2.24) is 5.32 Å². The lowest BCUT2D eigenvalue weighted by atomic mass is 9.94. The molecular formula is C21H24Cl2N2O3. The Bertz CT molecular complexity index is 837. The Morgan fingerprint density at radius 3 is 2.29 bits per heavy atom. The quantitative estimate of drug-likeness (QED) is 0.681. The Morgan fingerprint density at radius 1 is 1.00 bits per heavy atom. The minimum Gasteiger partial charge on any atom is -0.486 e. The van der Waals surface area contributed by atoms with Crippen LogP contribution < -0.4 is 20.1 Å².